The van der Waals surface area contributed by atoms with Crippen molar-refractivity contribution in [1.82, 2.24) is 4.90 Å². The summed E-state index contributed by atoms with van der Waals surface area (Å²) in [6, 6.07) is 0.718. The second kappa shape index (κ2) is 13.7. The maximum Gasteiger partial charge on any atom is 0.0557 e. The van der Waals surface area contributed by atoms with Crippen LogP contribution in [0, 0.1) is 16.2 Å². The van der Waals surface area contributed by atoms with Gasteiger partial charge in [0.2, 0.25) is 0 Å². The van der Waals surface area contributed by atoms with Crippen molar-refractivity contribution in [3.05, 3.63) is 0 Å². The normalized spacial score (nSPS) is 27.8. The maximum absolute atomic E-state index is 5.26. The van der Waals surface area contributed by atoms with Crippen molar-refractivity contribution in [2.24, 2.45) is 16.2 Å². The Hall–Kier alpha value is -0.120. The van der Waals surface area contributed by atoms with Crippen LogP contribution in [0.4, 0.5) is 0 Å². The first-order valence-corrected chi connectivity index (χ1v) is 14.4. The molecule has 3 heteroatoms. The van der Waals surface area contributed by atoms with Crippen LogP contribution in [0.5, 0.6) is 0 Å². The third-order valence-electron chi connectivity index (χ3n) is 8.62. The molecule has 0 N–H and O–H groups in total. The zero-order valence-electron chi connectivity index (χ0n) is 22.8. The summed E-state index contributed by atoms with van der Waals surface area (Å²) in [6.07, 6.45) is 19.4. The summed E-state index contributed by atoms with van der Waals surface area (Å²) < 4.78 is 10.5. The molecular formula is C29H57NO2. The summed E-state index contributed by atoms with van der Waals surface area (Å²) in [5.74, 6) is 0. The molecule has 0 aromatic heterocycles. The molecule has 6 rings (SSSR count). The number of ether oxygens (including phenoxy) is 2. The summed E-state index contributed by atoms with van der Waals surface area (Å²) in [6.45, 7) is 19.2. The Labute approximate surface area is 201 Å². The van der Waals surface area contributed by atoms with Crippen LogP contribution < -0.4 is 0 Å². The number of nitrogens with zero attached hydrogens (tertiary/aromatic N) is 1. The SMILES string of the molecule is C1CCC2(CC1)CC2.C1CCC2(CC1)COC2.CC.CC.CC(C)N1CCC2(COC2)C1. The highest BCUT2D eigenvalue weighted by Gasteiger charge is 2.45. The summed E-state index contributed by atoms with van der Waals surface area (Å²) in [5, 5.41) is 0. The molecule has 3 spiro atoms. The van der Waals surface area contributed by atoms with Crippen molar-refractivity contribution in [2.45, 2.75) is 131 Å². The fourth-order valence-corrected chi connectivity index (χ4v) is 6.00. The number of likely N-dealkylation sites (tertiary alicyclic amines) is 1. The van der Waals surface area contributed by atoms with Crippen LogP contribution in [0.15, 0.2) is 0 Å². The van der Waals surface area contributed by atoms with Gasteiger partial charge >= 0.3 is 0 Å². The second-order valence-electron chi connectivity index (χ2n) is 11.4. The van der Waals surface area contributed by atoms with Crippen molar-refractivity contribution >= 4 is 0 Å². The fraction of sp³-hybridized carbons (Fsp3) is 1.00. The van der Waals surface area contributed by atoms with Crippen molar-refractivity contribution in [3.63, 3.8) is 0 Å². The van der Waals surface area contributed by atoms with Gasteiger partial charge in [-0.1, -0.05) is 66.2 Å². The molecule has 3 heterocycles. The van der Waals surface area contributed by atoms with Gasteiger partial charge in [-0.05, 0) is 70.8 Å². The minimum atomic E-state index is 0.574. The van der Waals surface area contributed by atoms with Crippen molar-refractivity contribution < 1.29 is 9.47 Å². The zero-order valence-corrected chi connectivity index (χ0v) is 22.8. The van der Waals surface area contributed by atoms with E-state index in [-0.39, 0.29) is 0 Å². The summed E-state index contributed by atoms with van der Waals surface area (Å²) >= 11 is 0. The molecule has 3 nitrogen and oxygen atoms in total. The third-order valence-corrected chi connectivity index (χ3v) is 8.62. The van der Waals surface area contributed by atoms with Crippen molar-refractivity contribution in [1.29, 1.82) is 0 Å². The topological polar surface area (TPSA) is 21.7 Å². The molecule has 6 fully saturated rings. The molecule has 0 atom stereocenters. The van der Waals surface area contributed by atoms with E-state index in [0.717, 1.165) is 37.9 Å². The van der Waals surface area contributed by atoms with E-state index < -0.39 is 0 Å². The first-order valence-electron chi connectivity index (χ1n) is 14.4. The van der Waals surface area contributed by atoms with Crippen LogP contribution in [0.2, 0.25) is 0 Å². The largest absolute Gasteiger partial charge is 0.380 e. The summed E-state index contributed by atoms with van der Waals surface area (Å²) in [5.41, 5.74) is 2.18. The van der Waals surface area contributed by atoms with Gasteiger partial charge in [-0.3, -0.25) is 0 Å². The quantitative estimate of drug-likeness (QED) is 0.405. The van der Waals surface area contributed by atoms with Crippen LogP contribution in [0.3, 0.4) is 0 Å². The number of hydrogen-bond donors (Lipinski definition) is 0. The molecule has 0 aromatic rings. The third kappa shape index (κ3) is 7.98. The fourth-order valence-electron chi connectivity index (χ4n) is 6.00. The Kier molecular flexibility index (Phi) is 12.0. The van der Waals surface area contributed by atoms with Gasteiger partial charge in [0.1, 0.15) is 0 Å². The average Bonchev–Trinajstić information content (AvgIpc) is 3.37. The Morgan fingerprint density at radius 2 is 0.969 bits per heavy atom. The smallest absolute Gasteiger partial charge is 0.0557 e. The van der Waals surface area contributed by atoms with E-state index in [2.05, 4.69) is 18.7 Å². The molecular weight excluding hydrogens is 394 g/mol. The molecule has 3 aliphatic heterocycles. The molecule has 3 saturated carbocycles. The van der Waals surface area contributed by atoms with E-state index in [4.69, 9.17) is 9.47 Å². The van der Waals surface area contributed by atoms with Gasteiger partial charge in [-0.2, -0.15) is 0 Å². The Balaban J connectivity index is 0.000000159. The summed E-state index contributed by atoms with van der Waals surface area (Å²) in [4.78, 5) is 2.56. The number of rotatable bonds is 1. The van der Waals surface area contributed by atoms with Crippen LogP contribution in [-0.4, -0.2) is 50.5 Å². The molecule has 0 unspecified atom stereocenters. The van der Waals surface area contributed by atoms with E-state index >= 15 is 0 Å². The lowest BCUT2D eigenvalue weighted by Gasteiger charge is -2.44. The standard InChI is InChI=1S/C9H17NO.C8H14O.C8H14.2C2H6/c1-8(2)10-4-3-9(5-10)6-11-7-9;1-2-4-8(5-3-1)6-9-7-8;1-2-4-8(5-3-1)6-7-8;2*1-2/h8H,3-7H2,1-2H3;1-7H2;1-7H2;2*1-2H3. The van der Waals surface area contributed by atoms with Gasteiger partial charge in [-0.15, -0.1) is 0 Å². The maximum atomic E-state index is 5.26. The average molecular weight is 452 g/mol. The lowest BCUT2D eigenvalue weighted by molar-refractivity contribution is -0.130. The van der Waals surface area contributed by atoms with Crippen LogP contribution >= 0.6 is 0 Å². The van der Waals surface area contributed by atoms with Gasteiger partial charge in [-0.25, -0.2) is 0 Å². The van der Waals surface area contributed by atoms with Crippen LogP contribution in [-0.2, 0) is 9.47 Å². The van der Waals surface area contributed by atoms with Gasteiger partial charge in [0.05, 0.1) is 26.4 Å². The molecule has 3 saturated heterocycles. The van der Waals surface area contributed by atoms with E-state index in [9.17, 15) is 0 Å². The molecule has 0 amide bonds. The van der Waals surface area contributed by atoms with E-state index in [1.54, 1.807) is 25.7 Å². The molecule has 0 bridgehead atoms. The first kappa shape index (κ1) is 28.1. The molecule has 190 valence electrons. The Morgan fingerprint density at radius 3 is 1.19 bits per heavy atom. The highest BCUT2D eigenvalue weighted by molar-refractivity contribution is 4.95. The van der Waals surface area contributed by atoms with Crippen molar-refractivity contribution in [2.75, 3.05) is 39.5 Å². The second-order valence-corrected chi connectivity index (χ2v) is 11.4. The molecule has 3 aliphatic carbocycles. The van der Waals surface area contributed by atoms with Crippen LogP contribution in [0.25, 0.3) is 0 Å². The predicted molar refractivity (Wildman–Crippen MR) is 138 cm³/mol. The van der Waals surface area contributed by atoms with Gasteiger partial charge < -0.3 is 14.4 Å². The van der Waals surface area contributed by atoms with E-state index in [0.29, 0.717) is 10.8 Å². The molecule has 6 aliphatic rings. The Bertz CT molecular complexity index is 475. The minimum absolute atomic E-state index is 0.574. The van der Waals surface area contributed by atoms with E-state index in [1.807, 2.05) is 27.7 Å². The van der Waals surface area contributed by atoms with Crippen LogP contribution in [0.1, 0.15) is 125 Å². The Morgan fingerprint density at radius 1 is 0.531 bits per heavy atom. The molecule has 0 radical (unpaired) electrons. The van der Waals surface area contributed by atoms with Crippen molar-refractivity contribution in [3.8, 4) is 0 Å². The predicted octanol–water partition coefficient (Wildman–Crippen LogP) is 7.87. The highest BCUT2D eigenvalue weighted by Crippen LogP contribution is 2.56. The molecule has 32 heavy (non-hydrogen) atoms. The van der Waals surface area contributed by atoms with Gasteiger partial charge in [0.15, 0.2) is 0 Å². The monoisotopic (exact) mass is 451 g/mol. The van der Waals surface area contributed by atoms with Gasteiger partial charge in [0, 0.05) is 23.4 Å². The lowest BCUT2D eigenvalue weighted by Crippen LogP contribution is -2.45. The minimum Gasteiger partial charge on any atom is -0.380 e. The lowest BCUT2D eigenvalue weighted by atomic mass is 9.73. The van der Waals surface area contributed by atoms with E-state index in [1.165, 1.54) is 70.9 Å². The molecule has 0 aromatic carbocycles. The number of hydrogen-bond acceptors (Lipinski definition) is 3. The zero-order chi connectivity index (χ0) is 23.5. The highest BCUT2D eigenvalue weighted by atomic mass is 16.5. The van der Waals surface area contributed by atoms with Gasteiger partial charge in [0.25, 0.3) is 0 Å². The summed E-state index contributed by atoms with van der Waals surface area (Å²) in [7, 11) is 0. The first-order chi connectivity index (χ1) is 15.5.